The smallest absolute Gasteiger partial charge is 0.238 e. The molecule has 170 valence electrons. The molecule has 4 atom stereocenters. The van der Waals surface area contributed by atoms with E-state index in [2.05, 4.69) is 24.3 Å². The molecule has 0 radical (unpaired) electrons. The first-order valence-corrected chi connectivity index (χ1v) is 12.1. The molecule has 1 aliphatic heterocycles. The number of allylic oxidation sites excluding steroid dienone is 2. The number of hydrogen-bond donors (Lipinski definition) is 0. The molecule has 3 aromatic carbocycles. The van der Waals surface area contributed by atoms with E-state index in [0.717, 1.165) is 24.0 Å². The number of carbonyl (C=O) groups excluding carboxylic acids is 2. The van der Waals surface area contributed by atoms with Gasteiger partial charge in [0.2, 0.25) is 11.8 Å². The zero-order valence-corrected chi connectivity index (χ0v) is 19.2. The van der Waals surface area contributed by atoms with Crippen molar-refractivity contribution in [3.8, 4) is 5.75 Å². The van der Waals surface area contributed by atoms with Gasteiger partial charge >= 0.3 is 0 Å². The Balaban J connectivity index is 1.45. The second-order valence-electron chi connectivity index (χ2n) is 9.39. The minimum Gasteiger partial charge on any atom is -0.491 e. The third-order valence-electron chi connectivity index (χ3n) is 7.54. The maximum atomic E-state index is 13.9. The molecule has 2 aliphatic carbocycles. The molecule has 3 aliphatic rings. The van der Waals surface area contributed by atoms with Crippen LogP contribution in [-0.2, 0) is 9.59 Å². The lowest BCUT2D eigenvalue weighted by molar-refractivity contribution is -0.123. The number of imide groups is 1. The Bertz CT molecular complexity index is 1210. The third kappa shape index (κ3) is 3.05. The molecule has 6 rings (SSSR count). The molecule has 4 unspecified atom stereocenters. The lowest BCUT2D eigenvalue weighted by Crippen LogP contribution is -2.33. The van der Waals surface area contributed by atoms with Gasteiger partial charge in [-0.05, 0) is 59.1 Å². The first kappa shape index (κ1) is 20.9. The van der Waals surface area contributed by atoms with E-state index in [-0.39, 0.29) is 35.5 Å². The van der Waals surface area contributed by atoms with Crippen molar-refractivity contribution in [2.24, 2.45) is 23.7 Å². The van der Waals surface area contributed by atoms with Crippen LogP contribution in [0.3, 0.4) is 0 Å². The molecule has 3 aromatic rings. The van der Waals surface area contributed by atoms with Crippen LogP contribution in [0.2, 0.25) is 0 Å². The molecule has 2 fully saturated rings. The fraction of sp³-hybridized carbons (Fsp3) is 0.267. The molecular weight excluding hydrogens is 422 g/mol. The molecule has 0 N–H and O–H groups in total. The van der Waals surface area contributed by atoms with Gasteiger partial charge in [0.25, 0.3) is 0 Å². The zero-order valence-electron chi connectivity index (χ0n) is 19.2. The molecule has 0 aromatic heterocycles. The maximum Gasteiger partial charge on any atom is 0.238 e. The van der Waals surface area contributed by atoms with Gasteiger partial charge in [0.15, 0.2) is 0 Å². The second-order valence-corrected chi connectivity index (χ2v) is 9.39. The van der Waals surface area contributed by atoms with Crippen molar-refractivity contribution in [1.29, 1.82) is 0 Å². The highest BCUT2D eigenvalue weighted by atomic mass is 16.5. The average Bonchev–Trinajstić information content (AvgIpc) is 3.53. The predicted octanol–water partition coefficient (Wildman–Crippen LogP) is 5.84. The zero-order chi connectivity index (χ0) is 23.2. The number of rotatable bonds is 6. The van der Waals surface area contributed by atoms with Crippen LogP contribution < -0.4 is 9.64 Å². The van der Waals surface area contributed by atoms with Crippen molar-refractivity contribution in [3.63, 3.8) is 0 Å². The van der Waals surface area contributed by atoms with Crippen LogP contribution in [0.25, 0.3) is 11.1 Å². The Morgan fingerprint density at radius 3 is 1.76 bits per heavy atom. The van der Waals surface area contributed by atoms with E-state index in [9.17, 15) is 9.59 Å². The highest BCUT2D eigenvalue weighted by Gasteiger charge is 2.64. The summed E-state index contributed by atoms with van der Waals surface area (Å²) in [4.78, 5) is 29.1. The van der Waals surface area contributed by atoms with Crippen molar-refractivity contribution in [2.45, 2.75) is 19.8 Å². The van der Waals surface area contributed by atoms with Crippen molar-refractivity contribution in [3.05, 3.63) is 96.1 Å². The summed E-state index contributed by atoms with van der Waals surface area (Å²) in [5.41, 5.74) is 5.34. The SMILES string of the molecule is CCCOc1ccccc1N1C(=O)C2C3CC(C(c4ccccc4)=C3c3ccccc3)C2C1=O. The average molecular weight is 450 g/mol. The number of benzene rings is 3. The minimum atomic E-state index is -0.320. The van der Waals surface area contributed by atoms with Gasteiger partial charge in [-0.15, -0.1) is 0 Å². The van der Waals surface area contributed by atoms with Gasteiger partial charge < -0.3 is 4.74 Å². The van der Waals surface area contributed by atoms with Crippen LogP contribution in [0, 0.1) is 23.7 Å². The Labute approximate surface area is 199 Å². The Kier molecular flexibility index (Phi) is 5.09. The van der Waals surface area contributed by atoms with E-state index in [1.54, 1.807) is 0 Å². The van der Waals surface area contributed by atoms with E-state index in [1.165, 1.54) is 16.0 Å². The van der Waals surface area contributed by atoms with Crippen molar-refractivity contribution < 1.29 is 14.3 Å². The highest BCUT2D eigenvalue weighted by Crippen LogP contribution is 2.64. The van der Waals surface area contributed by atoms with E-state index in [0.29, 0.717) is 18.0 Å². The van der Waals surface area contributed by atoms with Crippen LogP contribution in [0.4, 0.5) is 5.69 Å². The number of ether oxygens (including phenoxy) is 1. The summed E-state index contributed by atoms with van der Waals surface area (Å²) in [6.45, 7) is 2.59. The fourth-order valence-electron chi connectivity index (χ4n) is 6.31. The first-order valence-electron chi connectivity index (χ1n) is 12.1. The molecule has 1 saturated heterocycles. The molecule has 4 nitrogen and oxygen atoms in total. The maximum absolute atomic E-state index is 13.9. The van der Waals surface area contributed by atoms with Crippen molar-refractivity contribution in [2.75, 3.05) is 11.5 Å². The summed E-state index contributed by atoms with van der Waals surface area (Å²) < 4.78 is 5.91. The van der Waals surface area contributed by atoms with E-state index in [1.807, 2.05) is 67.6 Å². The summed E-state index contributed by atoms with van der Waals surface area (Å²) in [6.07, 6.45) is 1.71. The van der Waals surface area contributed by atoms with Gasteiger partial charge in [0, 0.05) is 0 Å². The van der Waals surface area contributed by atoms with Crippen LogP contribution in [0.1, 0.15) is 30.9 Å². The number of carbonyl (C=O) groups is 2. The summed E-state index contributed by atoms with van der Waals surface area (Å²) in [6, 6.07) is 28.1. The first-order chi connectivity index (χ1) is 16.7. The predicted molar refractivity (Wildman–Crippen MR) is 133 cm³/mol. The van der Waals surface area contributed by atoms with Gasteiger partial charge in [-0.2, -0.15) is 0 Å². The number of fused-ring (bicyclic) bond motifs is 5. The van der Waals surface area contributed by atoms with Crippen molar-refractivity contribution >= 4 is 28.6 Å². The Hall–Kier alpha value is -3.66. The summed E-state index contributed by atoms with van der Waals surface area (Å²) >= 11 is 0. The Morgan fingerprint density at radius 2 is 1.24 bits per heavy atom. The molecule has 34 heavy (non-hydrogen) atoms. The normalized spacial score (nSPS) is 25.3. The van der Waals surface area contributed by atoms with Crippen LogP contribution >= 0.6 is 0 Å². The molecule has 4 heteroatoms. The van der Waals surface area contributed by atoms with Gasteiger partial charge in [0.1, 0.15) is 5.75 Å². The van der Waals surface area contributed by atoms with Gasteiger partial charge in [-0.3, -0.25) is 9.59 Å². The standard InChI is InChI=1S/C30H27NO3/c1-2-17-34-24-16-10-9-15-23(24)31-29(32)27-21-18-22(28(27)30(31)33)26(20-13-7-4-8-14-20)25(21)19-11-5-3-6-12-19/h3-16,21-22,27-28H,2,17-18H2,1H3. The summed E-state index contributed by atoms with van der Waals surface area (Å²) in [5, 5.41) is 0. The summed E-state index contributed by atoms with van der Waals surface area (Å²) in [5.74, 6) is -0.140. The van der Waals surface area contributed by atoms with E-state index < -0.39 is 0 Å². The largest absolute Gasteiger partial charge is 0.491 e. The minimum absolute atomic E-state index is 0.0396. The quantitative estimate of drug-likeness (QED) is 0.444. The van der Waals surface area contributed by atoms with E-state index >= 15 is 0 Å². The molecular formula is C30H27NO3. The monoisotopic (exact) mass is 449 g/mol. The van der Waals surface area contributed by atoms with Crippen LogP contribution in [0.5, 0.6) is 5.75 Å². The number of hydrogen-bond acceptors (Lipinski definition) is 3. The molecule has 2 amide bonds. The Morgan fingerprint density at radius 1 is 0.735 bits per heavy atom. The molecule has 0 spiro atoms. The van der Waals surface area contributed by atoms with Gasteiger partial charge in [-0.25, -0.2) is 4.90 Å². The van der Waals surface area contributed by atoms with Gasteiger partial charge in [0.05, 0.1) is 24.1 Å². The van der Waals surface area contributed by atoms with E-state index in [4.69, 9.17) is 4.74 Å². The van der Waals surface area contributed by atoms with Gasteiger partial charge in [-0.1, -0.05) is 79.7 Å². The number of amides is 2. The lowest BCUT2D eigenvalue weighted by Gasteiger charge is -2.27. The number of nitrogens with zero attached hydrogens (tertiary/aromatic N) is 1. The topological polar surface area (TPSA) is 46.6 Å². The molecule has 1 saturated carbocycles. The van der Waals surface area contributed by atoms with Crippen molar-refractivity contribution in [1.82, 2.24) is 0 Å². The molecule has 1 heterocycles. The molecule has 2 bridgehead atoms. The fourth-order valence-corrected chi connectivity index (χ4v) is 6.31. The third-order valence-corrected chi connectivity index (χ3v) is 7.54. The highest BCUT2D eigenvalue weighted by molar-refractivity contribution is 6.25. The number of anilines is 1. The number of para-hydroxylation sites is 2. The lowest BCUT2D eigenvalue weighted by atomic mass is 9.73. The summed E-state index contributed by atoms with van der Waals surface area (Å²) in [7, 11) is 0. The van der Waals surface area contributed by atoms with Crippen LogP contribution in [0.15, 0.2) is 84.9 Å². The van der Waals surface area contributed by atoms with Crippen LogP contribution in [-0.4, -0.2) is 18.4 Å². The second kappa shape index (κ2) is 8.28.